The van der Waals surface area contributed by atoms with Gasteiger partial charge in [0.2, 0.25) is 0 Å². The van der Waals surface area contributed by atoms with Crippen LogP contribution in [0.1, 0.15) is 36.7 Å². The molecule has 0 atom stereocenters. The molecule has 0 aliphatic carbocycles. The second-order valence-corrected chi connectivity index (χ2v) is 5.79. The van der Waals surface area contributed by atoms with Gasteiger partial charge < -0.3 is 4.74 Å². The minimum Gasteiger partial charge on any atom is -0.444 e. The average molecular weight is 314 g/mol. The fraction of sp³-hybridized carbons (Fsp3) is 0.385. The van der Waals surface area contributed by atoms with Gasteiger partial charge in [0, 0.05) is 15.7 Å². The molecule has 1 N–H and O–H groups in total. The van der Waals surface area contributed by atoms with Gasteiger partial charge in [-0.2, -0.15) is 0 Å². The molecular formula is C13H16BrNO3. The van der Waals surface area contributed by atoms with E-state index >= 15 is 0 Å². The number of aldehydes is 1. The van der Waals surface area contributed by atoms with Gasteiger partial charge in [0.05, 0.1) is 0 Å². The molecule has 0 heterocycles. The number of halogens is 1. The van der Waals surface area contributed by atoms with Crippen molar-refractivity contribution in [2.45, 2.75) is 33.3 Å². The van der Waals surface area contributed by atoms with E-state index in [0.29, 0.717) is 15.7 Å². The predicted molar refractivity (Wildman–Crippen MR) is 74.1 cm³/mol. The number of rotatable bonds is 2. The van der Waals surface area contributed by atoms with Crippen LogP contribution in [0.4, 0.5) is 10.5 Å². The summed E-state index contributed by atoms with van der Waals surface area (Å²) in [5, 5.41) is 2.63. The Hall–Kier alpha value is -1.36. The van der Waals surface area contributed by atoms with E-state index in [2.05, 4.69) is 21.2 Å². The zero-order valence-corrected chi connectivity index (χ0v) is 12.4. The van der Waals surface area contributed by atoms with Crippen LogP contribution >= 0.6 is 15.9 Å². The summed E-state index contributed by atoms with van der Waals surface area (Å²) in [5.74, 6) is 0. The summed E-state index contributed by atoms with van der Waals surface area (Å²) in [6.45, 7) is 7.21. The summed E-state index contributed by atoms with van der Waals surface area (Å²) in [5.41, 5.74) is 1.33. The second-order valence-electron chi connectivity index (χ2n) is 4.93. The maximum absolute atomic E-state index is 11.6. The minimum absolute atomic E-state index is 0.478. The number of hydrogen-bond acceptors (Lipinski definition) is 3. The Morgan fingerprint density at radius 1 is 1.39 bits per heavy atom. The predicted octanol–water partition coefficient (Wildman–Crippen LogP) is 3.92. The van der Waals surface area contributed by atoms with Crippen molar-refractivity contribution in [3.05, 3.63) is 27.7 Å². The van der Waals surface area contributed by atoms with Gasteiger partial charge in [-0.05, 0) is 45.4 Å². The highest BCUT2D eigenvalue weighted by Crippen LogP contribution is 2.24. The third kappa shape index (κ3) is 4.14. The van der Waals surface area contributed by atoms with Crippen molar-refractivity contribution in [3.63, 3.8) is 0 Å². The highest BCUT2D eigenvalue weighted by atomic mass is 79.9. The maximum Gasteiger partial charge on any atom is 0.412 e. The van der Waals surface area contributed by atoms with E-state index < -0.39 is 11.7 Å². The summed E-state index contributed by atoms with van der Waals surface area (Å²) >= 11 is 3.28. The van der Waals surface area contributed by atoms with Crippen LogP contribution in [0.25, 0.3) is 0 Å². The van der Waals surface area contributed by atoms with Crippen LogP contribution in [0.2, 0.25) is 0 Å². The molecule has 0 spiro atoms. The van der Waals surface area contributed by atoms with Crippen molar-refractivity contribution < 1.29 is 14.3 Å². The molecular weight excluding hydrogens is 298 g/mol. The van der Waals surface area contributed by atoms with Crippen molar-refractivity contribution in [1.82, 2.24) is 0 Å². The maximum atomic E-state index is 11.6. The molecule has 0 bridgehead atoms. The highest BCUT2D eigenvalue weighted by Gasteiger charge is 2.17. The average Bonchev–Trinajstić information content (AvgIpc) is 2.19. The lowest BCUT2D eigenvalue weighted by Gasteiger charge is -2.20. The van der Waals surface area contributed by atoms with Gasteiger partial charge >= 0.3 is 6.09 Å². The molecule has 4 nitrogen and oxygen atoms in total. The van der Waals surface area contributed by atoms with Crippen LogP contribution < -0.4 is 5.32 Å². The highest BCUT2D eigenvalue weighted by molar-refractivity contribution is 9.10. The summed E-state index contributed by atoms with van der Waals surface area (Å²) < 4.78 is 5.85. The van der Waals surface area contributed by atoms with Gasteiger partial charge in [0.25, 0.3) is 0 Å². The molecule has 1 amide bonds. The first-order valence-corrected chi connectivity index (χ1v) is 6.27. The van der Waals surface area contributed by atoms with E-state index in [1.165, 1.54) is 0 Å². The summed E-state index contributed by atoms with van der Waals surface area (Å²) in [6, 6.07) is 3.38. The largest absolute Gasteiger partial charge is 0.444 e. The number of amides is 1. The molecule has 18 heavy (non-hydrogen) atoms. The van der Waals surface area contributed by atoms with Crippen molar-refractivity contribution in [2.75, 3.05) is 5.32 Å². The molecule has 0 unspecified atom stereocenters. The van der Waals surface area contributed by atoms with Crippen molar-refractivity contribution in [3.8, 4) is 0 Å². The molecule has 0 fully saturated rings. The van der Waals surface area contributed by atoms with Gasteiger partial charge in [-0.25, -0.2) is 4.79 Å². The summed E-state index contributed by atoms with van der Waals surface area (Å²) in [6.07, 6.45) is 0.189. The number of hydrogen-bond donors (Lipinski definition) is 1. The second kappa shape index (κ2) is 5.52. The fourth-order valence-electron chi connectivity index (χ4n) is 1.33. The van der Waals surface area contributed by atoms with E-state index in [-0.39, 0.29) is 0 Å². The SMILES string of the molecule is Cc1cc(Br)c(C=O)cc1NC(=O)OC(C)(C)C. The van der Waals surface area contributed by atoms with E-state index in [1.54, 1.807) is 32.9 Å². The van der Waals surface area contributed by atoms with E-state index in [4.69, 9.17) is 4.74 Å². The van der Waals surface area contributed by atoms with E-state index in [1.807, 2.05) is 6.92 Å². The Morgan fingerprint density at radius 3 is 2.50 bits per heavy atom. The van der Waals surface area contributed by atoms with Crippen molar-refractivity contribution >= 4 is 34.0 Å². The molecule has 1 aromatic carbocycles. The molecule has 0 radical (unpaired) electrons. The first-order valence-electron chi connectivity index (χ1n) is 5.48. The van der Waals surface area contributed by atoms with Crippen LogP contribution in [0.5, 0.6) is 0 Å². The van der Waals surface area contributed by atoms with Gasteiger partial charge in [-0.3, -0.25) is 10.1 Å². The molecule has 0 aromatic heterocycles. The normalized spacial score (nSPS) is 10.9. The third-order valence-corrected chi connectivity index (χ3v) is 2.79. The number of carbonyl (C=O) groups is 2. The molecule has 1 rings (SSSR count). The van der Waals surface area contributed by atoms with Gasteiger partial charge in [0.1, 0.15) is 5.60 Å². The lowest BCUT2D eigenvalue weighted by atomic mass is 10.1. The molecule has 0 aliphatic heterocycles. The van der Waals surface area contributed by atoms with Crippen LogP contribution in [-0.4, -0.2) is 18.0 Å². The lowest BCUT2D eigenvalue weighted by Crippen LogP contribution is -2.27. The molecule has 0 saturated carbocycles. The zero-order valence-electron chi connectivity index (χ0n) is 10.8. The topological polar surface area (TPSA) is 55.4 Å². The Labute approximate surface area is 115 Å². The summed E-state index contributed by atoms with van der Waals surface area (Å²) in [7, 11) is 0. The first-order chi connectivity index (χ1) is 8.23. The van der Waals surface area contributed by atoms with Gasteiger partial charge in [-0.1, -0.05) is 15.9 Å². The molecule has 98 valence electrons. The van der Waals surface area contributed by atoms with Crippen molar-refractivity contribution in [2.24, 2.45) is 0 Å². The molecule has 0 aliphatic rings. The number of anilines is 1. The smallest absolute Gasteiger partial charge is 0.412 e. The number of nitrogens with one attached hydrogen (secondary N) is 1. The van der Waals surface area contributed by atoms with Gasteiger partial charge in [-0.15, -0.1) is 0 Å². The van der Waals surface area contributed by atoms with E-state index in [0.717, 1.165) is 11.8 Å². The van der Waals surface area contributed by atoms with Crippen molar-refractivity contribution in [1.29, 1.82) is 0 Å². The van der Waals surface area contributed by atoms with E-state index in [9.17, 15) is 9.59 Å². The summed E-state index contributed by atoms with van der Waals surface area (Å²) in [4.78, 5) is 22.5. The fourth-order valence-corrected chi connectivity index (χ4v) is 1.88. The third-order valence-electron chi connectivity index (χ3n) is 2.11. The van der Waals surface area contributed by atoms with Crippen LogP contribution in [0.15, 0.2) is 16.6 Å². The van der Waals surface area contributed by atoms with Crippen LogP contribution in [0, 0.1) is 6.92 Å². The lowest BCUT2D eigenvalue weighted by molar-refractivity contribution is 0.0635. The first kappa shape index (κ1) is 14.7. The Bertz CT molecular complexity index is 478. The minimum atomic E-state index is -0.555. The standard InChI is InChI=1S/C13H16BrNO3/c1-8-5-10(14)9(7-16)6-11(8)15-12(17)18-13(2,3)4/h5-7H,1-4H3,(H,15,17). The van der Waals surface area contributed by atoms with Crippen LogP contribution in [-0.2, 0) is 4.74 Å². The van der Waals surface area contributed by atoms with Gasteiger partial charge in [0.15, 0.2) is 6.29 Å². The molecule has 1 aromatic rings. The number of ether oxygens (including phenoxy) is 1. The molecule has 0 saturated heterocycles. The number of carbonyl (C=O) groups excluding carboxylic acids is 2. The zero-order chi connectivity index (χ0) is 13.9. The number of aryl methyl sites for hydroxylation is 1. The number of benzene rings is 1. The Morgan fingerprint density at radius 2 is 2.00 bits per heavy atom. The monoisotopic (exact) mass is 313 g/mol. The molecule has 5 heteroatoms. The quantitative estimate of drug-likeness (QED) is 0.842. The Balaban J connectivity index is 2.91. The van der Waals surface area contributed by atoms with Crippen LogP contribution in [0.3, 0.4) is 0 Å². The Kier molecular flexibility index (Phi) is 4.51.